The molecule has 1 aromatic carbocycles. The lowest BCUT2D eigenvalue weighted by atomic mass is 9.56. The number of fused-ring (bicyclic) bond motifs is 5. The van der Waals surface area contributed by atoms with E-state index in [0.29, 0.717) is 11.2 Å². The predicted octanol–water partition coefficient (Wildman–Crippen LogP) is 5.18. The molecular formula is C18H21IO. The zero-order valence-corrected chi connectivity index (χ0v) is 14.1. The summed E-state index contributed by atoms with van der Waals surface area (Å²) in [5.74, 6) is 2.84. The smallest absolute Gasteiger partial charge is 0.115 e. The van der Waals surface area contributed by atoms with Gasteiger partial charge in [0.05, 0.1) is 0 Å². The van der Waals surface area contributed by atoms with Crippen molar-refractivity contribution in [2.24, 2.45) is 17.3 Å². The van der Waals surface area contributed by atoms with Crippen LogP contribution in [-0.4, -0.2) is 5.11 Å². The van der Waals surface area contributed by atoms with Crippen LogP contribution in [0.1, 0.15) is 49.7 Å². The monoisotopic (exact) mass is 380 g/mol. The summed E-state index contributed by atoms with van der Waals surface area (Å²) in [4.78, 5) is 0. The highest BCUT2D eigenvalue weighted by molar-refractivity contribution is 14.1. The SMILES string of the molecule is CC12CCC3c4ccc(O)cc4CCC3C1CC=C2I. The Labute approximate surface area is 134 Å². The van der Waals surface area contributed by atoms with E-state index < -0.39 is 0 Å². The summed E-state index contributed by atoms with van der Waals surface area (Å²) in [5.41, 5.74) is 3.38. The van der Waals surface area contributed by atoms with Crippen LogP contribution < -0.4 is 0 Å². The molecule has 3 aliphatic rings. The molecule has 4 rings (SSSR count). The van der Waals surface area contributed by atoms with Gasteiger partial charge in [-0.05, 0) is 99.3 Å². The Balaban J connectivity index is 1.72. The molecule has 0 amide bonds. The van der Waals surface area contributed by atoms with Crippen molar-refractivity contribution in [2.45, 2.75) is 44.9 Å². The number of benzene rings is 1. The van der Waals surface area contributed by atoms with Crippen LogP contribution in [-0.2, 0) is 6.42 Å². The molecule has 4 unspecified atom stereocenters. The molecule has 0 radical (unpaired) electrons. The highest BCUT2D eigenvalue weighted by Gasteiger charge is 2.51. The minimum atomic E-state index is 0.430. The first-order chi connectivity index (χ1) is 9.59. The molecule has 0 saturated heterocycles. The van der Waals surface area contributed by atoms with E-state index in [1.54, 1.807) is 3.58 Å². The van der Waals surface area contributed by atoms with Gasteiger partial charge in [0.2, 0.25) is 0 Å². The zero-order valence-electron chi connectivity index (χ0n) is 11.9. The summed E-state index contributed by atoms with van der Waals surface area (Å²) in [7, 11) is 0. The van der Waals surface area contributed by atoms with Crippen LogP contribution in [0.4, 0.5) is 0 Å². The third-order valence-corrected chi connectivity index (χ3v) is 7.87. The fraction of sp³-hybridized carbons (Fsp3) is 0.556. The van der Waals surface area contributed by atoms with Gasteiger partial charge in [-0.25, -0.2) is 0 Å². The molecule has 1 nitrogen and oxygen atoms in total. The molecule has 0 bridgehead atoms. The molecule has 20 heavy (non-hydrogen) atoms. The molecule has 0 heterocycles. The van der Waals surface area contributed by atoms with Gasteiger partial charge in [0.15, 0.2) is 0 Å². The summed E-state index contributed by atoms with van der Waals surface area (Å²) in [6.07, 6.45) is 8.86. The number of hydrogen-bond donors (Lipinski definition) is 1. The summed E-state index contributed by atoms with van der Waals surface area (Å²) in [5, 5.41) is 9.70. The zero-order chi connectivity index (χ0) is 13.9. The van der Waals surface area contributed by atoms with Crippen LogP contribution in [0.5, 0.6) is 5.75 Å². The van der Waals surface area contributed by atoms with E-state index in [1.807, 2.05) is 12.1 Å². The molecule has 1 saturated carbocycles. The Hall–Kier alpha value is -0.510. The topological polar surface area (TPSA) is 20.2 Å². The van der Waals surface area contributed by atoms with Crippen molar-refractivity contribution in [1.29, 1.82) is 0 Å². The van der Waals surface area contributed by atoms with Crippen molar-refractivity contribution >= 4 is 22.6 Å². The first-order valence-corrected chi connectivity index (χ1v) is 8.85. The second-order valence-electron chi connectivity index (χ2n) is 7.04. The lowest BCUT2D eigenvalue weighted by Crippen LogP contribution is -2.40. The fourth-order valence-electron chi connectivity index (χ4n) is 5.08. The van der Waals surface area contributed by atoms with Gasteiger partial charge >= 0.3 is 0 Å². The predicted molar refractivity (Wildman–Crippen MR) is 90.2 cm³/mol. The number of halogens is 1. The maximum absolute atomic E-state index is 9.70. The lowest BCUT2D eigenvalue weighted by Gasteiger charge is -2.49. The third-order valence-electron chi connectivity index (χ3n) is 6.20. The summed E-state index contributed by atoms with van der Waals surface area (Å²) in [6, 6.07) is 6.07. The summed E-state index contributed by atoms with van der Waals surface area (Å²) in [6.45, 7) is 2.49. The van der Waals surface area contributed by atoms with Crippen molar-refractivity contribution in [1.82, 2.24) is 0 Å². The fourth-order valence-corrected chi connectivity index (χ4v) is 6.01. The van der Waals surface area contributed by atoms with Crippen molar-refractivity contribution in [3.8, 4) is 5.75 Å². The van der Waals surface area contributed by atoms with Crippen LogP contribution in [0.2, 0.25) is 0 Å². The molecule has 4 atom stereocenters. The van der Waals surface area contributed by atoms with Crippen molar-refractivity contribution in [3.63, 3.8) is 0 Å². The van der Waals surface area contributed by atoms with Gasteiger partial charge in [-0.1, -0.05) is 19.1 Å². The largest absolute Gasteiger partial charge is 0.508 e. The second-order valence-corrected chi connectivity index (χ2v) is 8.20. The van der Waals surface area contributed by atoms with E-state index in [9.17, 15) is 5.11 Å². The van der Waals surface area contributed by atoms with Crippen molar-refractivity contribution in [2.75, 3.05) is 0 Å². The normalized spacial score (nSPS) is 38.7. The number of rotatable bonds is 0. The van der Waals surface area contributed by atoms with E-state index in [-0.39, 0.29) is 0 Å². The number of phenolic OH excluding ortho intramolecular Hbond substituents is 1. The van der Waals surface area contributed by atoms with Crippen molar-refractivity contribution in [3.05, 3.63) is 39.0 Å². The van der Waals surface area contributed by atoms with Gasteiger partial charge in [0, 0.05) is 5.41 Å². The van der Waals surface area contributed by atoms with Gasteiger partial charge in [0.25, 0.3) is 0 Å². The van der Waals surface area contributed by atoms with Crippen LogP contribution >= 0.6 is 22.6 Å². The van der Waals surface area contributed by atoms with Crippen LogP contribution in [0.25, 0.3) is 0 Å². The molecule has 0 aromatic heterocycles. The van der Waals surface area contributed by atoms with Gasteiger partial charge in [0.1, 0.15) is 5.75 Å². The number of aromatic hydroxyl groups is 1. The van der Waals surface area contributed by atoms with Gasteiger partial charge in [-0.15, -0.1) is 0 Å². The molecule has 0 spiro atoms. The Morgan fingerprint density at radius 2 is 2.15 bits per heavy atom. The summed E-state index contributed by atoms with van der Waals surface area (Å²) < 4.78 is 1.61. The standard InChI is InChI=1S/C18H21IO/c1-18-9-8-14-13-5-3-12(20)10-11(13)2-4-15(14)16(18)6-7-17(18)19/h3,5,7,10,14-16,20H,2,4,6,8-9H2,1H3. The average molecular weight is 380 g/mol. The maximum atomic E-state index is 9.70. The molecule has 2 heteroatoms. The Morgan fingerprint density at radius 3 is 3.00 bits per heavy atom. The number of allylic oxidation sites excluding steroid dienone is 2. The minimum Gasteiger partial charge on any atom is -0.508 e. The van der Waals surface area contributed by atoms with Crippen LogP contribution in [0, 0.1) is 17.3 Å². The van der Waals surface area contributed by atoms with Crippen LogP contribution in [0.15, 0.2) is 27.9 Å². The number of phenols is 1. The molecule has 0 aliphatic heterocycles. The van der Waals surface area contributed by atoms with E-state index in [0.717, 1.165) is 24.2 Å². The molecule has 106 valence electrons. The first-order valence-electron chi connectivity index (χ1n) is 7.77. The van der Waals surface area contributed by atoms with E-state index in [4.69, 9.17) is 0 Å². The van der Waals surface area contributed by atoms with E-state index >= 15 is 0 Å². The molecule has 1 N–H and O–H groups in total. The van der Waals surface area contributed by atoms with E-state index in [2.05, 4.69) is 41.7 Å². The average Bonchev–Trinajstić information content (AvgIpc) is 2.74. The minimum absolute atomic E-state index is 0.430. The Kier molecular flexibility index (Phi) is 2.96. The highest BCUT2D eigenvalue weighted by atomic mass is 127. The molecule has 1 aromatic rings. The highest BCUT2D eigenvalue weighted by Crippen LogP contribution is 2.62. The third kappa shape index (κ3) is 1.73. The molecule has 1 fully saturated rings. The van der Waals surface area contributed by atoms with Crippen LogP contribution in [0.3, 0.4) is 0 Å². The number of hydrogen-bond acceptors (Lipinski definition) is 1. The van der Waals surface area contributed by atoms with Gasteiger partial charge in [-0.2, -0.15) is 0 Å². The van der Waals surface area contributed by atoms with E-state index in [1.165, 1.54) is 36.8 Å². The number of aryl methyl sites for hydroxylation is 1. The van der Waals surface area contributed by atoms with Crippen molar-refractivity contribution < 1.29 is 5.11 Å². The quantitative estimate of drug-likeness (QED) is 0.615. The van der Waals surface area contributed by atoms with Gasteiger partial charge in [-0.3, -0.25) is 0 Å². The Bertz CT molecular complexity index is 591. The molecular weight excluding hydrogens is 359 g/mol. The summed E-state index contributed by atoms with van der Waals surface area (Å²) >= 11 is 2.58. The first kappa shape index (κ1) is 13.2. The molecule has 3 aliphatic carbocycles. The maximum Gasteiger partial charge on any atom is 0.115 e. The van der Waals surface area contributed by atoms with Gasteiger partial charge < -0.3 is 5.11 Å². The lowest BCUT2D eigenvalue weighted by molar-refractivity contribution is 0.0815. The second kappa shape index (κ2) is 4.49. The Morgan fingerprint density at radius 1 is 1.30 bits per heavy atom.